The predicted octanol–water partition coefficient (Wildman–Crippen LogP) is 2.59. The Morgan fingerprint density at radius 1 is 1.24 bits per heavy atom. The third kappa shape index (κ3) is 2.79. The SMILES string of the molecule is O=C1CCC(Cc2c(Cl)cccc2Cl)C(=O)N1. The van der Waals surface area contributed by atoms with Gasteiger partial charge in [-0.1, -0.05) is 29.3 Å². The molecule has 0 bridgehead atoms. The number of amides is 2. The first-order chi connectivity index (χ1) is 8.08. The van der Waals surface area contributed by atoms with E-state index in [0.29, 0.717) is 29.3 Å². The maximum Gasteiger partial charge on any atom is 0.230 e. The summed E-state index contributed by atoms with van der Waals surface area (Å²) >= 11 is 12.1. The van der Waals surface area contributed by atoms with Gasteiger partial charge in [0, 0.05) is 22.4 Å². The van der Waals surface area contributed by atoms with Gasteiger partial charge in [-0.3, -0.25) is 14.9 Å². The number of carbonyl (C=O) groups excluding carboxylic acids is 2. The van der Waals surface area contributed by atoms with Crippen molar-refractivity contribution in [2.45, 2.75) is 19.3 Å². The molecule has 1 saturated heterocycles. The second-order valence-electron chi connectivity index (χ2n) is 4.05. The molecule has 0 radical (unpaired) electrons. The van der Waals surface area contributed by atoms with Gasteiger partial charge in [-0.15, -0.1) is 0 Å². The third-order valence-electron chi connectivity index (χ3n) is 2.87. The van der Waals surface area contributed by atoms with E-state index in [2.05, 4.69) is 5.32 Å². The number of halogens is 2. The van der Waals surface area contributed by atoms with E-state index >= 15 is 0 Å². The summed E-state index contributed by atoms with van der Waals surface area (Å²) < 4.78 is 0. The predicted molar refractivity (Wildman–Crippen MR) is 66.0 cm³/mol. The van der Waals surface area contributed by atoms with E-state index in [1.54, 1.807) is 18.2 Å². The van der Waals surface area contributed by atoms with Crippen LogP contribution in [-0.2, 0) is 16.0 Å². The number of piperidine rings is 1. The molecule has 1 fully saturated rings. The van der Waals surface area contributed by atoms with E-state index in [9.17, 15) is 9.59 Å². The zero-order valence-corrected chi connectivity index (χ0v) is 10.5. The molecular formula is C12H11Cl2NO2. The van der Waals surface area contributed by atoms with Crippen LogP contribution in [0.5, 0.6) is 0 Å². The van der Waals surface area contributed by atoms with Crippen molar-refractivity contribution in [1.82, 2.24) is 5.32 Å². The molecule has 2 rings (SSSR count). The molecule has 2 amide bonds. The van der Waals surface area contributed by atoms with Crippen LogP contribution in [0.2, 0.25) is 10.0 Å². The molecule has 5 heteroatoms. The lowest BCUT2D eigenvalue weighted by Crippen LogP contribution is -2.41. The number of hydrogen-bond acceptors (Lipinski definition) is 2. The molecule has 1 aliphatic rings. The van der Waals surface area contributed by atoms with Gasteiger partial charge in [0.1, 0.15) is 0 Å². The average Bonchev–Trinajstić information content (AvgIpc) is 2.26. The molecule has 1 aromatic rings. The Labute approximate surface area is 109 Å². The van der Waals surface area contributed by atoms with Crippen LogP contribution < -0.4 is 5.32 Å². The molecule has 0 saturated carbocycles. The molecule has 1 aliphatic heterocycles. The van der Waals surface area contributed by atoms with Crippen LogP contribution in [0.3, 0.4) is 0 Å². The van der Waals surface area contributed by atoms with Crippen molar-refractivity contribution in [1.29, 1.82) is 0 Å². The topological polar surface area (TPSA) is 46.2 Å². The van der Waals surface area contributed by atoms with Crippen molar-refractivity contribution < 1.29 is 9.59 Å². The highest BCUT2D eigenvalue weighted by Gasteiger charge is 2.27. The van der Waals surface area contributed by atoms with E-state index < -0.39 is 0 Å². The van der Waals surface area contributed by atoms with Crippen molar-refractivity contribution in [3.05, 3.63) is 33.8 Å². The fraction of sp³-hybridized carbons (Fsp3) is 0.333. The van der Waals surface area contributed by atoms with E-state index in [1.807, 2.05) is 0 Å². The molecule has 0 aromatic heterocycles. The molecule has 3 nitrogen and oxygen atoms in total. The summed E-state index contributed by atoms with van der Waals surface area (Å²) in [6, 6.07) is 5.25. The molecule has 1 heterocycles. The summed E-state index contributed by atoms with van der Waals surface area (Å²) in [5, 5.41) is 3.44. The average molecular weight is 272 g/mol. The highest BCUT2D eigenvalue weighted by molar-refractivity contribution is 6.36. The van der Waals surface area contributed by atoms with Crippen molar-refractivity contribution >= 4 is 35.0 Å². The first kappa shape index (κ1) is 12.4. The highest BCUT2D eigenvalue weighted by atomic mass is 35.5. The van der Waals surface area contributed by atoms with Crippen molar-refractivity contribution in [3.63, 3.8) is 0 Å². The second-order valence-corrected chi connectivity index (χ2v) is 4.87. The van der Waals surface area contributed by atoms with Gasteiger partial charge in [0.25, 0.3) is 0 Å². The van der Waals surface area contributed by atoms with Gasteiger partial charge in [-0.2, -0.15) is 0 Å². The quantitative estimate of drug-likeness (QED) is 0.841. The number of hydrogen-bond donors (Lipinski definition) is 1. The number of imide groups is 1. The zero-order chi connectivity index (χ0) is 12.4. The van der Waals surface area contributed by atoms with Gasteiger partial charge < -0.3 is 0 Å². The Morgan fingerprint density at radius 2 is 1.88 bits per heavy atom. The van der Waals surface area contributed by atoms with Crippen LogP contribution in [0, 0.1) is 5.92 Å². The Hall–Kier alpha value is -1.06. The van der Waals surface area contributed by atoms with Crippen LogP contribution in [0.4, 0.5) is 0 Å². The largest absolute Gasteiger partial charge is 0.296 e. The normalized spacial score (nSPS) is 20.2. The smallest absolute Gasteiger partial charge is 0.230 e. The van der Waals surface area contributed by atoms with Crippen LogP contribution >= 0.6 is 23.2 Å². The molecule has 0 aliphatic carbocycles. The first-order valence-corrected chi connectivity index (χ1v) is 6.10. The zero-order valence-electron chi connectivity index (χ0n) is 9.00. The molecule has 1 atom stereocenters. The van der Waals surface area contributed by atoms with E-state index in [-0.39, 0.29) is 17.7 Å². The lowest BCUT2D eigenvalue weighted by atomic mass is 9.91. The molecule has 1 N–H and O–H groups in total. The Morgan fingerprint density at radius 3 is 2.47 bits per heavy atom. The lowest BCUT2D eigenvalue weighted by Gasteiger charge is -2.21. The number of nitrogens with one attached hydrogen (secondary N) is 1. The van der Waals surface area contributed by atoms with Crippen LogP contribution in [0.15, 0.2) is 18.2 Å². The summed E-state index contributed by atoms with van der Waals surface area (Å²) in [4.78, 5) is 22.6. The third-order valence-corrected chi connectivity index (χ3v) is 3.57. The Bertz CT molecular complexity index is 453. The number of rotatable bonds is 2. The summed E-state index contributed by atoms with van der Waals surface area (Å²) in [7, 11) is 0. The summed E-state index contributed by atoms with van der Waals surface area (Å²) in [6.45, 7) is 0. The fourth-order valence-corrected chi connectivity index (χ4v) is 2.46. The molecule has 0 spiro atoms. The van der Waals surface area contributed by atoms with Crippen molar-refractivity contribution in [2.24, 2.45) is 5.92 Å². The standard InChI is InChI=1S/C12H11Cl2NO2/c13-9-2-1-3-10(14)8(9)6-7-4-5-11(16)15-12(7)17/h1-3,7H,4-6H2,(H,15,16,17). The van der Waals surface area contributed by atoms with Crippen LogP contribution in [0.25, 0.3) is 0 Å². The molecule has 1 aromatic carbocycles. The van der Waals surface area contributed by atoms with Gasteiger partial charge in [0.05, 0.1) is 0 Å². The minimum Gasteiger partial charge on any atom is -0.296 e. The highest BCUT2D eigenvalue weighted by Crippen LogP contribution is 2.29. The van der Waals surface area contributed by atoms with Gasteiger partial charge in [0.15, 0.2) is 0 Å². The van der Waals surface area contributed by atoms with Crippen molar-refractivity contribution in [3.8, 4) is 0 Å². The Balaban J connectivity index is 2.16. The van der Waals surface area contributed by atoms with Crippen molar-refractivity contribution in [2.75, 3.05) is 0 Å². The monoisotopic (exact) mass is 271 g/mol. The summed E-state index contributed by atoms with van der Waals surface area (Å²) in [6.07, 6.45) is 1.39. The van der Waals surface area contributed by atoms with Gasteiger partial charge in [-0.25, -0.2) is 0 Å². The van der Waals surface area contributed by atoms with Gasteiger partial charge in [0.2, 0.25) is 11.8 Å². The maximum atomic E-state index is 11.6. The summed E-state index contributed by atoms with van der Waals surface area (Å²) in [5.74, 6) is -0.682. The first-order valence-electron chi connectivity index (χ1n) is 5.34. The Kier molecular flexibility index (Phi) is 3.69. The lowest BCUT2D eigenvalue weighted by molar-refractivity contribution is -0.136. The molecule has 1 unspecified atom stereocenters. The number of carbonyl (C=O) groups is 2. The van der Waals surface area contributed by atoms with Crippen LogP contribution in [-0.4, -0.2) is 11.8 Å². The van der Waals surface area contributed by atoms with E-state index in [1.165, 1.54) is 0 Å². The molecule has 90 valence electrons. The maximum absolute atomic E-state index is 11.6. The minimum atomic E-state index is -0.239. The molecular weight excluding hydrogens is 261 g/mol. The fourth-order valence-electron chi connectivity index (χ4n) is 1.91. The summed E-state index contributed by atoms with van der Waals surface area (Å²) in [5.41, 5.74) is 0.769. The van der Waals surface area contributed by atoms with Gasteiger partial charge in [-0.05, 0) is 30.5 Å². The van der Waals surface area contributed by atoms with E-state index in [4.69, 9.17) is 23.2 Å². The second kappa shape index (κ2) is 5.07. The van der Waals surface area contributed by atoms with E-state index in [0.717, 1.165) is 5.56 Å². The molecule has 17 heavy (non-hydrogen) atoms. The number of benzene rings is 1. The van der Waals surface area contributed by atoms with Crippen LogP contribution in [0.1, 0.15) is 18.4 Å². The minimum absolute atomic E-state index is 0.212. The van der Waals surface area contributed by atoms with Gasteiger partial charge >= 0.3 is 0 Å².